The van der Waals surface area contributed by atoms with E-state index in [1.165, 1.54) is 0 Å². The third-order valence-electron chi connectivity index (χ3n) is 6.77. The van der Waals surface area contributed by atoms with Gasteiger partial charge >= 0.3 is 0 Å². The van der Waals surface area contributed by atoms with Gasteiger partial charge in [0.15, 0.2) is 11.9 Å². The molecular formula is C25H27N5O. The van der Waals surface area contributed by atoms with Gasteiger partial charge in [-0.1, -0.05) is 39.0 Å². The minimum atomic E-state index is -0.534. The quantitative estimate of drug-likeness (QED) is 0.766. The van der Waals surface area contributed by atoms with Gasteiger partial charge in [-0.25, -0.2) is 0 Å². The highest BCUT2D eigenvalue weighted by Crippen LogP contribution is 2.53. The van der Waals surface area contributed by atoms with Crippen LogP contribution in [0.2, 0.25) is 0 Å². The summed E-state index contributed by atoms with van der Waals surface area (Å²) in [5.74, 6) is 0.221. The lowest BCUT2D eigenvalue weighted by Crippen LogP contribution is -2.51. The molecule has 0 saturated carbocycles. The first-order valence-corrected chi connectivity index (χ1v) is 10.9. The molecule has 6 nitrogen and oxygen atoms in total. The molecule has 158 valence electrons. The summed E-state index contributed by atoms with van der Waals surface area (Å²) in [7, 11) is 0. The average Bonchev–Trinajstić information content (AvgIpc) is 3.20. The molecule has 3 aliphatic rings. The molecule has 1 N–H and O–H groups in total. The Balaban J connectivity index is 1.73. The Morgan fingerprint density at radius 1 is 1.16 bits per heavy atom. The van der Waals surface area contributed by atoms with Crippen LogP contribution in [-0.4, -0.2) is 22.1 Å². The highest BCUT2D eigenvalue weighted by atomic mass is 16.1. The zero-order valence-corrected chi connectivity index (χ0v) is 18.4. The Kier molecular flexibility index (Phi) is 4.43. The third-order valence-corrected chi connectivity index (χ3v) is 6.77. The molecule has 1 unspecified atom stereocenters. The van der Waals surface area contributed by atoms with Crippen LogP contribution in [0, 0.1) is 12.3 Å². The maximum atomic E-state index is 13.6. The van der Waals surface area contributed by atoms with Crippen molar-refractivity contribution in [3.63, 3.8) is 0 Å². The number of benzene rings is 1. The van der Waals surface area contributed by atoms with Gasteiger partial charge in [-0.15, -0.1) is 0 Å². The average molecular weight is 414 g/mol. The maximum Gasteiger partial charge on any atom is 0.164 e. The van der Waals surface area contributed by atoms with Gasteiger partial charge in [0.2, 0.25) is 0 Å². The number of carbonyl (C=O) groups excluding carboxylic acids is 1. The molecule has 2 aliphatic heterocycles. The number of aromatic nitrogens is 2. The van der Waals surface area contributed by atoms with Gasteiger partial charge in [0, 0.05) is 28.8 Å². The van der Waals surface area contributed by atoms with Crippen LogP contribution in [0.5, 0.6) is 0 Å². The van der Waals surface area contributed by atoms with E-state index >= 15 is 0 Å². The summed E-state index contributed by atoms with van der Waals surface area (Å²) in [6.07, 6.45) is 5.58. The van der Waals surface area contributed by atoms with Crippen molar-refractivity contribution in [2.24, 2.45) is 15.6 Å². The predicted molar refractivity (Wildman–Crippen MR) is 119 cm³/mol. The Morgan fingerprint density at radius 2 is 2.00 bits per heavy atom. The number of allylic oxidation sites excluding steroid dienone is 2. The first-order valence-electron chi connectivity index (χ1n) is 10.9. The first-order chi connectivity index (χ1) is 14.8. The number of azo groups is 1. The minimum Gasteiger partial charge on any atom is -0.362 e. The number of carbonyl (C=O) groups is 1. The van der Waals surface area contributed by atoms with Gasteiger partial charge in [-0.05, 0) is 48.4 Å². The van der Waals surface area contributed by atoms with Crippen molar-refractivity contribution in [1.82, 2.24) is 15.5 Å². The van der Waals surface area contributed by atoms with Crippen molar-refractivity contribution in [2.45, 2.75) is 58.5 Å². The fraction of sp³-hybridized carbons (Fsp3) is 0.400. The van der Waals surface area contributed by atoms with Crippen molar-refractivity contribution in [3.8, 4) is 11.1 Å². The fourth-order valence-corrected chi connectivity index (χ4v) is 5.49. The molecule has 1 aromatic carbocycles. The number of Topliss-reactive ketones (excluding diaryl/α,β-unsaturated/α-hetero) is 1. The summed E-state index contributed by atoms with van der Waals surface area (Å²) >= 11 is 0. The zero-order valence-electron chi connectivity index (χ0n) is 18.4. The van der Waals surface area contributed by atoms with Crippen molar-refractivity contribution < 1.29 is 4.79 Å². The molecule has 5 rings (SSSR count). The van der Waals surface area contributed by atoms with E-state index in [-0.39, 0.29) is 17.4 Å². The lowest BCUT2D eigenvalue weighted by atomic mass is 9.58. The van der Waals surface area contributed by atoms with Crippen LogP contribution in [0.25, 0.3) is 11.1 Å². The predicted octanol–water partition coefficient (Wildman–Crippen LogP) is 5.02. The normalized spacial score (nSPS) is 26.3. The fourth-order valence-electron chi connectivity index (χ4n) is 5.49. The van der Waals surface area contributed by atoms with Gasteiger partial charge in [0.1, 0.15) is 0 Å². The molecule has 3 heterocycles. The van der Waals surface area contributed by atoms with Crippen molar-refractivity contribution in [3.05, 3.63) is 70.8 Å². The van der Waals surface area contributed by atoms with Crippen LogP contribution >= 0.6 is 0 Å². The third kappa shape index (κ3) is 3.04. The molecule has 2 atom stereocenters. The summed E-state index contributed by atoms with van der Waals surface area (Å²) in [4.78, 5) is 13.6. The lowest BCUT2D eigenvalue weighted by molar-refractivity contribution is -0.119. The molecule has 31 heavy (non-hydrogen) atoms. The molecule has 1 aromatic heterocycles. The van der Waals surface area contributed by atoms with Crippen LogP contribution in [0.4, 0.5) is 0 Å². The minimum absolute atomic E-state index is 0.0680. The zero-order chi connectivity index (χ0) is 21.8. The lowest BCUT2D eigenvalue weighted by Gasteiger charge is -2.47. The number of rotatable bonds is 3. The van der Waals surface area contributed by atoms with E-state index in [1.54, 1.807) is 6.20 Å². The number of hydrogen-bond acceptors (Lipinski definition) is 6. The standard InChI is InChI=1S/C25H27N5O/c1-5-25(18-8-6-7-16(10-18)17-9-15(2)29-26-13-17)19-14-27-30-23(19)28-20-11-24(3,4)12-21(31)22(20)25/h6-10,13-14,23,28H,5,11-12H2,1-4H3/t23?,25-/m1/s1. The molecule has 2 aromatic rings. The number of aryl methyl sites for hydroxylation is 1. The Hall–Kier alpha value is -3.15. The van der Waals surface area contributed by atoms with Crippen molar-refractivity contribution in [1.29, 1.82) is 0 Å². The van der Waals surface area contributed by atoms with Gasteiger partial charge in [0.05, 0.1) is 23.5 Å². The van der Waals surface area contributed by atoms with E-state index in [2.05, 4.69) is 70.8 Å². The summed E-state index contributed by atoms with van der Waals surface area (Å²) in [6.45, 7) is 8.41. The van der Waals surface area contributed by atoms with Crippen LogP contribution < -0.4 is 5.32 Å². The second kappa shape index (κ2) is 6.94. The molecule has 0 saturated heterocycles. The number of ketones is 1. The maximum absolute atomic E-state index is 13.6. The second-order valence-corrected chi connectivity index (χ2v) is 9.58. The highest BCUT2D eigenvalue weighted by molar-refractivity contribution is 6.01. The number of nitrogens with zero attached hydrogens (tertiary/aromatic N) is 4. The smallest absolute Gasteiger partial charge is 0.164 e. The van der Waals surface area contributed by atoms with Crippen LogP contribution in [0.1, 0.15) is 51.3 Å². The molecule has 0 spiro atoms. The summed E-state index contributed by atoms with van der Waals surface area (Å²) < 4.78 is 0. The van der Waals surface area contributed by atoms with Crippen LogP contribution in [-0.2, 0) is 10.2 Å². The summed E-state index contributed by atoms with van der Waals surface area (Å²) in [6, 6.07) is 10.5. The molecule has 0 fully saturated rings. The van der Waals surface area contributed by atoms with Gasteiger partial charge < -0.3 is 5.32 Å². The highest BCUT2D eigenvalue weighted by Gasteiger charge is 2.52. The number of fused-ring (bicyclic) bond motifs is 1. The molecule has 0 bridgehead atoms. The molecule has 0 radical (unpaired) electrons. The van der Waals surface area contributed by atoms with Crippen LogP contribution in [0.15, 0.2) is 69.8 Å². The summed E-state index contributed by atoms with van der Waals surface area (Å²) in [5, 5.41) is 20.4. The monoisotopic (exact) mass is 413 g/mol. The van der Waals surface area contributed by atoms with Gasteiger partial charge in [0.25, 0.3) is 0 Å². The summed E-state index contributed by atoms with van der Waals surface area (Å²) in [5.41, 5.74) is 6.44. The van der Waals surface area contributed by atoms with Crippen molar-refractivity contribution >= 4 is 5.78 Å². The van der Waals surface area contributed by atoms with E-state index in [4.69, 9.17) is 0 Å². The Labute approximate surface area is 182 Å². The molecule has 6 heteroatoms. The van der Waals surface area contributed by atoms with Gasteiger partial charge in [-0.2, -0.15) is 20.4 Å². The van der Waals surface area contributed by atoms with Crippen LogP contribution in [0.3, 0.4) is 0 Å². The Morgan fingerprint density at radius 3 is 2.77 bits per heavy atom. The van der Waals surface area contributed by atoms with E-state index in [1.807, 2.05) is 19.2 Å². The topological polar surface area (TPSA) is 79.6 Å². The molecule has 1 aliphatic carbocycles. The SMILES string of the molecule is CC[C@@]1(c2cccc(-c3cnnc(C)c3)c2)C2=CN=NC2NC2=C1C(=O)CC(C)(C)C2. The molecular weight excluding hydrogens is 386 g/mol. The van der Waals surface area contributed by atoms with E-state index in [9.17, 15) is 4.79 Å². The first kappa shape index (κ1) is 19.8. The largest absolute Gasteiger partial charge is 0.362 e. The Bertz CT molecular complexity index is 1180. The van der Waals surface area contributed by atoms with Crippen molar-refractivity contribution in [2.75, 3.05) is 0 Å². The number of hydrogen-bond donors (Lipinski definition) is 1. The van der Waals surface area contributed by atoms with E-state index in [0.29, 0.717) is 6.42 Å². The second-order valence-electron chi connectivity index (χ2n) is 9.58. The van der Waals surface area contributed by atoms with Gasteiger partial charge in [-0.3, -0.25) is 4.79 Å². The number of nitrogens with one attached hydrogen (secondary N) is 1. The van der Waals surface area contributed by atoms with E-state index in [0.717, 1.165) is 52.1 Å². The van der Waals surface area contributed by atoms with E-state index < -0.39 is 5.41 Å². The molecule has 0 amide bonds.